The number of rotatable bonds is 13. The van der Waals surface area contributed by atoms with Crippen molar-refractivity contribution in [3.63, 3.8) is 0 Å². The van der Waals surface area contributed by atoms with E-state index in [-0.39, 0.29) is 5.97 Å². The second-order valence-corrected chi connectivity index (χ2v) is 9.43. The van der Waals surface area contributed by atoms with Crippen molar-refractivity contribution in [1.29, 1.82) is 5.26 Å². The maximum absolute atomic E-state index is 11.7. The summed E-state index contributed by atoms with van der Waals surface area (Å²) in [4.78, 5) is 11.7. The van der Waals surface area contributed by atoms with E-state index in [0.717, 1.165) is 48.7 Å². The number of benzene rings is 3. The molecule has 0 N–H and O–H groups in total. The molecule has 0 aliphatic carbocycles. The number of unbranched alkanes of at least 4 members (excludes halogenated alkanes) is 1. The number of allylic oxidation sites excluding steroid dienone is 1. The SMILES string of the molecule is COC(=O)c1ccc(CCC(/C=C/c2ccccc2OCCCCBr)Cc2ccc(C#N)cc2)cc1. The molecule has 0 aliphatic heterocycles. The lowest BCUT2D eigenvalue weighted by molar-refractivity contribution is 0.0600. The van der Waals surface area contributed by atoms with Gasteiger partial charge in [-0.2, -0.15) is 5.26 Å². The van der Waals surface area contributed by atoms with E-state index in [2.05, 4.69) is 40.2 Å². The summed E-state index contributed by atoms with van der Waals surface area (Å²) in [6.07, 6.45) is 9.23. The van der Waals surface area contributed by atoms with Crippen molar-refractivity contribution < 1.29 is 14.3 Å². The molecule has 186 valence electrons. The predicted molar refractivity (Wildman–Crippen MR) is 148 cm³/mol. The largest absolute Gasteiger partial charge is 0.493 e. The van der Waals surface area contributed by atoms with E-state index in [1.807, 2.05) is 66.7 Å². The van der Waals surface area contributed by atoms with Crippen LogP contribution in [0.1, 0.15) is 51.9 Å². The third kappa shape index (κ3) is 8.70. The number of halogens is 1. The van der Waals surface area contributed by atoms with Gasteiger partial charge < -0.3 is 9.47 Å². The molecule has 0 heterocycles. The molecule has 1 unspecified atom stereocenters. The Labute approximate surface area is 222 Å². The summed E-state index contributed by atoms with van der Waals surface area (Å²) in [5.74, 6) is 0.870. The Morgan fingerprint density at radius 1 is 1.00 bits per heavy atom. The van der Waals surface area contributed by atoms with E-state index in [4.69, 9.17) is 14.7 Å². The number of para-hydroxylation sites is 1. The van der Waals surface area contributed by atoms with Gasteiger partial charge in [0.25, 0.3) is 0 Å². The van der Waals surface area contributed by atoms with Crippen LogP contribution >= 0.6 is 15.9 Å². The molecule has 0 aromatic heterocycles. The van der Waals surface area contributed by atoms with Gasteiger partial charge in [0, 0.05) is 10.9 Å². The van der Waals surface area contributed by atoms with Crippen LogP contribution in [-0.2, 0) is 17.6 Å². The van der Waals surface area contributed by atoms with Gasteiger partial charge in [-0.1, -0.05) is 70.5 Å². The highest BCUT2D eigenvalue weighted by Gasteiger charge is 2.10. The minimum Gasteiger partial charge on any atom is -0.493 e. The van der Waals surface area contributed by atoms with Crippen LogP contribution in [0.25, 0.3) is 6.08 Å². The lowest BCUT2D eigenvalue weighted by Gasteiger charge is -2.14. The van der Waals surface area contributed by atoms with Crippen LogP contribution in [0.2, 0.25) is 0 Å². The number of esters is 1. The fourth-order valence-corrected chi connectivity index (χ4v) is 4.33. The Bertz CT molecular complexity index is 1160. The van der Waals surface area contributed by atoms with E-state index in [1.54, 1.807) is 0 Å². The normalized spacial score (nSPS) is 11.7. The zero-order valence-electron chi connectivity index (χ0n) is 20.7. The smallest absolute Gasteiger partial charge is 0.337 e. The van der Waals surface area contributed by atoms with Gasteiger partial charge in [-0.25, -0.2) is 4.79 Å². The molecule has 0 spiro atoms. The van der Waals surface area contributed by atoms with Crippen LogP contribution < -0.4 is 4.74 Å². The number of hydrogen-bond acceptors (Lipinski definition) is 4. The molecule has 0 saturated carbocycles. The third-order valence-electron chi connectivity index (χ3n) is 6.01. The minimum atomic E-state index is -0.323. The Kier molecular flexibility index (Phi) is 11.3. The van der Waals surface area contributed by atoms with Crippen molar-refractivity contribution in [2.45, 2.75) is 32.1 Å². The summed E-state index contributed by atoms with van der Waals surface area (Å²) in [5, 5.41) is 10.1. The molecule has 1 atom stereocenters. The van der Waals surface area contributed by atoms with E-state index in [9.17, 15) is 4.79 Å². The quantitative estimate of drug-likeness (QED) is 0.127. The molecule has 0 radical (unpaired) electrons. The lowest BCUT2D eigenvalue weighted by atomic mass is 9.91. The van der Waals surface area contributed by atoms with Crippen molar-refractivity contribution in [2.24, 2.45) is 5.92 Å². The number of hydrogen-bond donors (Lipinski definition) is 0. The van der Waals surface area contributed by atoms with E-state index < -0.39 is 0 Å². The Balaban J connectivity index is 1.73. The van der Waals surface area contributed by atoms with Crippen LogP contribution in [0.15, 0.2) is 78.9 Å². The number of nitrogens with zero attached hydrogens (tertiary/aromatic N) is 1. The van der Waals surface area contributed by atoms with Crippen molar-refractivity contribution in [1.82, 2.24) is 0 Å². The lowest BCUT2D eigenvalue weighted by Crippen LogP contribution is -2.05. The van der Waals surface area contributed by atoms with Crippen molar-refractivity contribution in [3.05, 3.63) is 107 Å². The summed E-state index contributed by atoms with van der Waals surface area (Å²) >= 11 is 3.47. The van der Waals surface area contributed by atoms with Gasteiger partial charge in [-0.3, -0.25) is 0 Å². The first-order valence-corrected chi connectivity index (χ1v) is 13.4. The average Bonchev–Trinajstić information content (AvgIpc) is 2.93. The van der Waals surface area contributed by atoms with E-state index in [0.29, 0.717) is 23.7 Å². The molecule has 36 heavy (non-hydrogen) atoms. The summed E-state index contributed by atoms with van der Waals surface area (Å²) in [6.45, 7) is 0.701. The van der Waals surface area contributed by atoms with Crippen molar-refractivity contribution >= 4 is 28.0 Å². The maximum Gasteiger partial charge on any atom is 0.337 e. The Morgan fingerprint density at radius 3 is 2.42 bits per heavy atom. The van der Waals surface area contributed by atoms with E-state index in [1.165, 1.54) is 18.2 Å². The number of methoxy groups -OCH3 is 1. The van der Waals surface area contributed by atoms with Gasteiger partial charge in [-0.15, -0.1) is 0 Å². The van der Waals surface area contributed by atoms with E-state index >= 15 is 0 Å². The van der Waals surface area contributed by atoms with Gasteiger partial charge in [0.05, 0.1) is 30.9 Å². The van der Waals surface area contributed by atoms with Gasteiger partial charge >= 0.3 is 5.97 Å². The van der Waals surface area contributed by atoms with Crippen LogP contribution in [0.3, 0.4) is 0 Å². The molecular weight excluding hydrogens is 514 g/mol. The predicted octanol–water partition coefficient (Wildman–Crippen LogP) is 7.40. The summed E-state index contributed by atoms with van der Waals surface area (Å²) < 4.78 is 10.8. The van der Waals surface area contributed by atoms with Gasteiger partial charge in [0.2, 0.25) is 0 Å². The summed E-state index contributed by atoms with van der Waals surface area (Å²) in [6, 6.07) is 25.7. The molecule has 3 aromatic carbocycles. The fraction of sp³-hybridized carbons (Fsp3) is 0.290. The third-order valence-corrected chi connectivity index (χ3v) is 6.57. The molecule has 3 aromatic rings. The highest BCUT2D eigenvalue weighted by atomic mass is 79.9. The van der Waals surface area contributed by atoms with Crippen LogP contribution in [0.4, 0.5) is 0 Å². The van der Waals surface area contributed by atoms with Crippen molar-refractivity contribution in [3.8, 4) is 11.8 Å². The second-order valence-electron chi connectivity index (χ2n) is 8.64. The summed E-state index contributed by atoms with van der Waals surface area (Å²) in [5.41, 5.74) is 4.68. The maximum atomic E-state index is 11.7. The standard InChI is InChI=1S/C31H32BrNO3/c1-35-31(34)29-18-14-24(15-19-29)8-9-26(22-25-10-12-27(23-33)13-11-25)16-17-28-6-2-3-7-30(28)36-21-5-4-20-32/h2-3,6-7,10-19,26H,4-5,8-9,20-22H2,1H3/b17-16+. The van der Waals surface area contributed by atoms with Crippen LogP contribution in [0, 0.1) is 17.2 Å². The van der Waals surface area contributed by atoms with Gasteiger partial charge in [-0.05, 0) is 79.5 Å². The Hall–Kier alpha value is -3.36. The zero-order chi connectivity index (χ0) is 25.6. The highest BCUT2D eigenvalue weighted by Crippen LogP contribution is 2.24. The van der Waals surface area contributed by atoms with Gasteiger partial charge in [0.15, 0.2) is 0 Å². The first-order valence-electron chi connectivity index (χ1n) is 12.2. The molecule has 0 saturated heterocycles. The molecule has 4 nitrogen and oxygen atoms in total. The first kappa shape index (κ1) is 27.2. The highest BCUT2D eigenvalue weighted by molar-refractivity contribution is 9.09. The van der Waals surface area contributed by atoms with Gasteiger partial charge in [0.1, 0.15) is 5.75 Å². The number of aryl methyl sites for hydroxylation is 1. The number of alkyl halides is 1. The molecule has 0 fully saturated rings. The monoisotopic (exact) mass is 545 g/mol. The summed E-state index contributed by atoms with van der Waals surface area (Å²) in [7, 11) is 1.39. The number of ether oxygens (including phenoxy) is 2. The molecule has 0 bridgehead atoms. The number of nitriles is 1. The number of carbonyl (C=O) groups is 1. The zero-order valence-corrected chi connectivity index (χ0v) is 22.2. The topological polar surface area (TPSA) is 59.3 Å². The molecule has 0 aliphatic rings. The van der Waals surface area contributed by atoms with Crippen LogP contribution in [-0.4, -0.2) is 25.0 Å². The Morgan fingerprint density at radius 2 is 1.72 bits per heavy atom. The second kappa shape index (κ2) is 14.9. The average molecular weight is 547 g/mol. The molecule has 5 heteroatoms. The fourth-order valence-electron chi connectivity index (χ4n) is 3.93. The molecule has 0 amide bonds. The van der Waals surface area contributed by atoms with Crippen molar-refractivity contribution in [2.75, 3.05) is 19.0 Å². The number of carbonyl (C=O) groups excluding carboxylic acids is 1. The minimum absolute atomic E-state index is 0.291. The molecule has 3 rings (SSSR count). The first-order chi connectivity index (χ1) is 17.6. The van der Waals surface area contributed by atoms with Crippen LogP contribution in [0.5, 0.6) is 5.75 Å². The molecular formula is C31H32BrNO3.